The first-order chi connectivity index (χ1) is 44.7. The van der Waals surface area contributed by atoms with Gasteiger partial charge in [-0.2, -0.15) is 0 Å². The van der Waals surface area contributed by atoms with Gasteiger partial charge in [0, 0.05) is 53.6 Å². The van der Waals surface area contributed by atoms with E-state index >= 15 is 8.78 Å². The zero-order valence-corrected chi connectivity index (χ0v) is 61.3. The number of hydrogen-bond acceptors (Lipinski definition) is 10. The second kappa shape index (κ2) is 31.3. The van der Waals surface area contributed by atoms with Crippen LogP contribution in [0.1, 0.15) is 205 Å². The van der Waals surface area contributed by atoms with E-state index in [1.807, 2.05) is 98.0 Å². The molecule has 94 heavy (non-hydrogen) atoms. The quantitative estimate of drug-likeness (QED) is 0.0125. The highest BCUT2D eigenvalue weighted by Crippen LogP contribution is 2.73. The number of ether oxygens (including phenoxy) is 5. The highest BCUT2D eigenvalue weighted by Gasteiger charge is 2.67. The highest BCUT2D eigenvalue weighted by molar-refractivity contribution is 14.1. The van der Waals surface area contributed by atoms with Gasteiger partial charge in [0.1, 0.15) is 47.4 Å². The van der Waals surface area contributed by atoms with Crippen molar-refractivity contribution in [2.45, 2.75) is 235 Å². The summed E-state index contributed by atoms with van der Waals surface area (Å²) < 4.78 is 72.6. The number of nitrogens with one attached hydrogen (secondary N) is 3. The predicted molar refractivity (Wildman–Crippen MR) is 376 cm³/mol. The number of fused-ring (bicyclic) bond motifs is 5. The Hall–Kier alpha value is -4.95. The van der Waals surface area contributed by atoms with Gasteiger partial charge in [-0.1, -0.05) is 176 Å². The standard InChI is InChI=1S/C77H108F2IN3O10Si/c1-50(2)23-22-24-51(3)60-36-37-61-62-35-32-56-46-58(40-41-75(56,8)76(62,80)43-42-74(60,61)7)90-72(87)82-44-21-15-20-29-67(85)83-48-52-45-59(64(79)47-63(52)78)69-71(93-94(11,12)73(4,5)6)70(92-68(86)39-38-66(84)81-9)65(91-69)49-89-77(53-25-16-13-17-26-53,54-27-18-14-19-28-54)55-30-33-57(88-10)34-31-55/h13-14,16-19,25-28,30-31,33-34,45,47,50-51,56,58,60-62,65,69-71H,15,20-24,29,32,35-44,46,48-49H2,1-12H3,(H,81,84)(H,82,87)(H,83,85)/t51-,56?,58+,60-,61+,62?,65-,69+,70?,71-,74-,75+,76-/m1/s1. The molecule has 13 atom stereocenters. The number of halogens is 3. The lowest BCUT2D eigenvalue weighted by atomic mass is 9.44. The topological polar surface area (TPSA) is 160 Å². The van der Waals surface area contributed by atoms with Crippen LogP contribution in [0.3, 0.4) is 0 Å². The van der Waals surface area contributed by atoms with Crippen LogP contribution in [0.2, 0.25) is 18.1 Å². The first-order valence-corrected chi connectivity index (χ1v) is 39.2. The number of carbonyl (C=O) groups excluding carboxylic acids is 4. The van der Waals surface area contributed by atoms with E-state index in [0.29, 0.717) is 42.9 Å². The van der Waals surface area contributed by atoms with Gasteiger partial charge in [-0.25, -0.2) is 13.6 Å². The molecule has 3 unspecified atom stereocenters. The molecule has 9 rings (SSSR count). The zero-order valence-electron chi connectivity index (χ0n) is 58.2. The van der Waals surface area contributed by atoms with Crippen LogP contribution < -0.4 is 20.7 Å². The summed E-state index contributed by atoms with van der Waals surface area (Å²) in [6, 6.07) is 29.1. The van der Waals surface area contributed by atoms with Gasteiger partial charge in [0.05, 0.1) is 20.1 Å². The monoisotopic (exact) mass is 1430 g/mol. The van der Waals surface area contributed by atoms with Crippen LogP contribution in [0.5, 0.6) is 5.75 Å². The molecule has 5 aliphatic rings. The summed E-state index contributed by atoms with van der Waals surface area (Å²) in [5, 5.41) is 7.99. The van der Waals surface area contributed by atoms with Crippen LogP contribution >= 0.6 is 22.6 Å². The van der Waals surface area contributed by atoms with Crippen LogP contribution in [0.15, 0.2) is 97.1 Å². The van der Waals surface area contributed by atoms with E-state index in [2.05, 4.69) is 93.9 Å². The number of alkyl carbamates (subject to hydrolysis) is 1. The van der Waals surface area contributed by atoms with Crippen LogP contribution in [0.25, 0.3) is 0 Å². The molecule has 1 heterocycles. The SMILES string of the molecule is CNC(=O)CCC(=O)OC1[C@@H](COC(c2ccccc2)(c2ccccc2)c2ccc(OC)cc2)O[C@@H](c2cc(CNC(=O)CCCCCNC(=O)O[C@H]3CC[C@@]4(C)C(CCC5[C@@H]6CC[C@H]([C@H](C)CCCC(C)C)[C@@]6(C)CC[C@@]54I)C3)c(F)cc2F)[C@H]1O[Si](C)(C)C(C)(C)C. The van der Waals surface area contributed by atoms with Crippen LogP contribution in [0, 0.1) is 58.0 Å². The number of esters is 1. The molecule has 4 saturated carbocycles. The second-order valence-corrected chi connectivity index (χ2v) is 37.2. The maximum absolute atomic E-state index is 16.8. The predicted octanol–water partition coefficient (Wildman–Crippen LogP) is 17.2. The maximum Gasteiger partial charge on any atom is 0.407 e. The van der Waals surface area contributed by atoms with Gasteiger partial charge in [-0.15, -0.1) is 0 Å². The summed E-state index contributed by atoms with van der Waals surface area (Å²) >= 11 is 2.96. The smallest absolute Gasteiger partial charge is 0.407 e. The van der Waals surface area contributed by atoms with Gasteiger partial charge in [0.2, 0.25) is 11.8 Å². The van der Waals surface area contributed by atoms with Crippen molar-refractivity contribution in [3.8, 4) is 5.75 Å². The van der Waals surface area contributed by atoms with Gasteiger partial charge < -0.3 is 44.1 Å². The lowest BCUT2D eigenvalue weighted by Gasteiger charge is -2.66. The fraction of sp³-hybridized carbons (Fsp3) is 0.636. The van der Waals surface area contributed by atoms with Crippen molar-refractivity contribution in [2.75, 3.05) is 27.3 Å². The van der Waals surface area contributed by atoms with Gasteiger partial charge in [0.25, 0.3) is 0 Å². The highest BCUT2D eigenvalue weighted by atomic mass is 127. The second-order valence-electron chi connectivity index (χ2n) is 30.6. The minimum Gasteiger partial charge on any atom is -0.497 e. The number of unbranched alkanes of at least 4 members (excludes halogenated alkanes) is 2. The largest absolute Gasteiger partial charge is 0.497 e. The van der Waals surface area contributed by atoms with Crippen LogP contribution in [-0.4, -0.2) is 87.3 Å². The minimum absolute atomic E-state index is 0.0216. The van der Waals surface area contributed by atoms with Gasteiger partial charge in [-0.05, 0) is 170 Å². The van der Waals surface area contributed by atoms with Crippen molar-refractivity contribution in [2.24, 2.45) is 46.3 Å². The first kappa shape index (κ1) is 73.3. The molecule has 4 aliphatic carbocycles. The third-order valence-electron chi connectivity index (χ3n) is 23.5. The lowest BCUT2D eigenvalue weighted by Crippen LogP contribution is -2.62. The summed E-state index contributed by atoms with van der Waals surface area (Å²) in [5.74, 6) is 2.01. The van der Waals surface area contributed by atoms with E-state index in [4.69, 9.17) is 28.1 Å². The third-order valence-corrected chi connectivity index (χ3v) is 30.5. The molecule has 5 fully saturated rings. The Morgan fingerprint density at radius 2 is 1.39 bits per heavy atom. The van der Waals surface area contributed by atoms with Crippen LogP contribution in [-0.2, 0) is 49.9 Å². The average Bonchev–Trinajstić information content (AvgIpc) is 1.10. The Labute approximate surface area is 574 Å². The molecule has 4 aromatic rings. The van der Waals surface area contributed by atoms with E-state index in [-0.39, 0.29) is 81.4 Å². The van der Waals surface area contributed by atoms with Gasteiger partial charge >= 0.3 is 12.1 Å². The molecular weight excluding hydrogens is 1320 g/mol. The Balaban J connectivity index is 0.821. The molecule has 0 bridgehead atoms. The Morgan fingerprint density at radius 1 is 0.723 bits per heavy atom. The fourth-order valence-corrected chi connectivity index (χ4v) is 20.1. The number of amides is 3. The molecule has 1 saturated heterocycles. The lowest BCUT2D eigenvalue weighted by molar-refractivity contribution is -0.159. The van der Waals surface area contributed by atoms with Crippen LogP contribution in [0.4, 0.5) is 13.6 Å². The van der Waals surface area contributed by atoms with Crippen molar-refractivity contribution < 1.29 is 56.1 Å². The molecule has 516 valence electrons. The molecule has 1 aliphatic heterocycles. The molecule has 0 aromatic heterocycles. The van der Waals surface area contributed by atoms with E-state index in [1.165, 1.54) is 70.9 Å². The zero-order chi connectivity index (χ0) is 67.8. The molecular formula is C77H108F2IN3O10Si. The number of benzene rings is 4. The van der Waals surface area contributed by atoms with Crippen molar-refractivity contribution >= 4 is 54.8 Å². The third kappa shape index (κ3) is 16.1. The van der Waals surface area contributed by atoms with E-state index in [0.717, 1.165) is 71.6 Å². The summed E-state index contributed by atoms with van der Waals surface area (Å²) in [4.78, 5) is 53.1. The molecule has 13 nitrogen and oxygen atoms in total. The number of carbonyl (C=O) groups is 4. The van der Waals surface area contributed by atoms with Crippen molar-refractivity contribution in [1.82, 2.24) is 16.0 Å². The number of hydrogen-bond donors (Lipinski definition) is 3. The van der Waals surface area contributed by atoms with Crippen molar-refractivity contribution in [3.05, 3.63) is 137 Å². The van der Waals surface area contributed by atoms with Crippen molar-refractivity contribution in [1.29, 1.82) is 0 Å². The molecule has 0 radical (unpaired) electrons. The number of alkyl halides is 1. The maximum atomic E-state index is 16.8. The molecule has 17 heteroatoms. The summed E-state index contributed by atoms with van der Waals surface area (Å²) in [5.41, 5.74) is 1.69. The van der Waals surface area contributed by atoms with E-state index in [1.54, 1.807) is 7.11 Å². The molecule has 4 aromatic carbocycles. The number of methoxy groups -OCH3 is 1. The Kier molecular flexibility index (Phi) is 24.4. The average molecular weight is 1430 g/mol. The Morgan fingerprint density at radius 3 is 2.04 bits per heavy atom. The molecule has 3 N–H and O–H groups in total. The normalized spacial score (nSPS) is 27.9. The summed E-state index contributed by atoms with van der Waals surface area (Å²) in [6.07, 6.45) is 11.3. The van der Waals surface area contributed by atoms with Crippen molar-refractivity contribution in [3.63, 3.8) is 0 Å². The minimum atomic E-state index is -2.84. The molecule has 0 spiro atoms. The Bertz CT molecular complexity index is 3150. The fourth-order valence-electron chi connectivity index (χ4n) is 17.0. The van der Waals surface area contributed by atoms with E-state index < -0.39 is 55.9 Å². The van der Waals surface area contributed by atoms with E-state index in [9.17, 15) is 19.2 Å². The first-order valence-electron chi connectivity index (χ1n) is 35.2. The van der Waals surface area contributed by atoms with Gasteiger partial charge in [-0.3, -0.25) is 14.4 Å². The van der Waals surface area contributed by atoms with Gasteiger partial charge in [0.15, 0.2) is 14.4 Å². The molecule has 3 amide bonds. The summed E-state index contributed by atoms with van der Waals surface area (Å²) in [7, 11) is 0.245. The summed E-state index contributed by atoms with van der Waals surface area (Å²) in [6.45, 7) is 22.7. The number of rotatable bonds is 28.